The molecule has 1 unspecified atom stereocenters. The Labute approximate surface area is 103 Å². The largest absolute Gasteiger partial charge is 0.493 e. The van der Waals surface area contributed by atoms with E-state index in [2.05, 4.69) is 24.3 Å². The van der Waals surface area contributed by atoms with Crippen LogP contribution >= 0.6 is 0 Å². The predicted molar refractivity (Wildman–Crippen MR) is 67.3 cm³/mol. The van der Waals surface area contributed by atoms with Crippen molar-refractivity contribution in [3.05, 3.63) is 11.9 Å². The molecule has 5 nitrogen and oxygen atoms in total. The van der Waals surface area contributed by atoms with Gasteiger partial charge in [-0.25, -0.2) is 0 Å². The summed E-state index contributed by atoms with van der Waals surface area (Å²) in [6, 6.07) is 0.0184. The van der Waals surface area contributed by atoms with Crippen LogP contribution in [0.2, 0.25) is 0 Å². The van der Waals surface area contributed by atoms with Crippen molar-refractivity contribution in [3.8, 4) is 5.75 Å². The zero-order chi connectivity index (χ0) is 13.1. The van der Waals surface area contributed by atoms with E-state index in [9.17, 15) is 0 Å². The molecule has 0 aromatic carbocycles. The maximum Gasteiger partial charge on any atom is 0.161 e. The Balaban J connectivity index is 3.12. The van der Waals surface area contributed by atoms with E-state index in [-0.39, 0.29) is 11.6 Å². The average Bonchev–Trinajstić information content (AvgIpc) is 2.61. The second-order valence-electron chi connectivity index (χ2n) is 4.48. The van der Waals surface area contributed by atoms with Crippen molar-refractivity contribution >= 4 is 0 Å². The SMILES string of the molecule is CCOC(C)(C)C(NC)c1c(OC)cnn1C. The summed E-state index contributed by atoms with van der Waals surface area (Å²) in [6.45, 7) is 6.79. The Morgan fingerprint density at radius 2 is 2.18 bits per heavy atom. The summed E-state index contributed by atoms with van der Waals surface area (Å²) in [5.74, 6) is 0.777. The molecule has 0 saturated carbocycles. The Kier molecular flexibility index (Phi) is 4.54. The number of nitrogens with zero attached hydrogens (tertiary/aromatic N) is 2. The van der Waals surface area contributed by atoms with E-state index in [1.807, 2.05) is 25.7 Å². The minimum absolute atomic E-state index is 0.0184. The third kappa shape index (κ3) is 2.79. The van der Waals surface area contributed by atoms with Gasteiger partial charge in [-0.15, -0.1) is 0 Å². The first-order chi connectivity index (χ1) is 7.97. The number of hydrogen-bond donors (Lipinski definition) is 1. The van der Waals surface area contributed by atoms with Crippen molar-refractivity contribution in [1.82, 2.24) is 15.1 Å². The van der Waals surface area contributed by atoms with Crippen LogP contribution in [0.4, 0.5) is 0 Å². The van der Waals surface area contributed by atoms with Crippen molar-refractivity contribution in [2.24, 2.45) is 7.05 Å². The first kappa shape index (κ1) is 14.0. The quantitative estimate of drug-likeness (QED) is 0.820. The molecule has 0 amide bonds. The molecule has 1 heterocycles. The van der Waals surface area contributed by atoms with Crippen molar-refractivity contribution in [1.29, 1.82) is 0 Å². The molecule has 5 heteroatoms. The lowest BCUT2D eigenvalue weighted by atomic mass is 9.95. The summed E-state index contributed by atoms with van der Waals surface area (Å²) in [7, 11) is 5.48. The van der Waals surface area contributed by atoms with Gasteiger partial charge in [0.05, 0.1) is 30.6 Å². The van der Waals surface area contributed by atoms with Crippen molar-refractivity contribution < 1.29 is 9.47 Å². The molecule has 0 bridgehead atoms. The van der Waals surface area contributed by atoms with Gasteiger partial charge in [0.1, 0.15) is 0 Å². The predicted octanol–water partition coefficient (Wildman–Crippen LogP) is 1.50. The van der Waals surface area contributed by atoms with Crippen LogP contribution in [0.5, 0.6) is 5.75 Å². The first-order valence-electron chi connectivity index (χ1n) is 5.85. The summed E-state index contributed by atoms with van der Waals surface area (Å²) >= 11 is 0. The van der Waals surface area contributed by atoms with Crippen LogP contribution in [0.1, 0.15) is 32.5 Å². The number of likely N-dealkylation sites (N-methyl/N-ethyl adjacent to an activating group) is 1. The van der Waals surface area contributed by atoms with Crippen LogP contribution in [-0.4, -0.2) is 36.1 Å². The van der Waals surface area contributed by atoms with Crippen LogP contribution in [0.15, 0.2) is 6.20 Å². The monoisotopic (exact) mass is 241 g/mol. The van der Waals surface area contributed by atoms with Crippen molar-refractivity contribution in [2.45, 2.75) is 32.4 Å². The van der Waals surface area contributed by atoms with E-state index in [1.165, 1.54) is 0 Å². The molecule has 0 spiro atoms. The highest BCUT2D eigenvalue weighted by atomic mass is 16.5. The third-order valence-electron chi connectivity index (χ3n) is 2.94. The molecular formula is C12H23N3O2. The number of aryl methyl sites for hydroxylation is 1. The Morgan fingerprint density at radius 3 is 2.65 bits per heavy atom. The summed E-state index contributed by atoms with van der Waals surface area (Å²) < 4.78 is 13.0. The van der Waals surface area contributed by atoms with E-state index in [1.54, 1.807) is 13.3 Å². The molecule has 98 valence electrons. The van der Waals surface area contributed by atoms with Crippen LogP contribution in [0.25, 0.3) is 0 Å². The lowest BCUT2D eigenvalue weighted by molar-refractivity contribution is -0.0397. The molecule has 17 heavy (non-hydrogen) atoms. The van der Waals surface area contributed by atoms with Gasteiger partial charge >= 0.3 is 0 Å². The first-order valence-corrected chi connectivity index (χ1v) is 5.85. The molecule has 0 saturated heterocycles. The number of nitrogens with one attached hydrogen (secondary N) is 1. The minimum atomic E-state index is -0.329. The molecule has 0 aliphatic carbocycles. The number of rotatable bonds is 6. The second kappa shape index (κ2) is 5.51. The highest BCUT2D eigenvalue weighted by Gasteiger charge is 2.34. The molecule has 0 radical (unpaired) electrons. The third-order valence-corrected chi connectivity index (χ3v) is 2.94. The van der Waals surface area contributed by atoms with Gasteiger partial charge in [-0.1, -0.05) is 0 Å². The standard InChI is InChI=1S/C12H23N3O2/c1-7-17-12(2,3)11(13-4)10-9(16-6)8-14-15(10)5/h8,11,13H,7H2,1-6H3. The van der Waals surface area contributed by atoms with E-state index in [0.29, 0.717) is 6.61 Å². The van der Waals surface area contributed by atoms with E-state index in [4.69, 9.17) is 9.47 Å². The highest BCUT2D eigenvalue weighted by Crippen LogP contribution is 2.33. The molecule has 1 rings (SSSR count). The Bertz CT molecular complexity index is 361. The van der Waals surface area contributed by atoms with E-state index >= 15 is 0 Å². The van der Waals surface area contributed by atoms with Gasteiger partial charge in [0.2, 0.25) is 0 Å². The fourth-order valence-corrected chi connectivity index (χ4v) is 2.18. The van der Waals surface area contributed by atoms with Gasteiger partial charge in [-0.05, 0) is 27.8 Å². The average molecular weight is 241 g/mol. The fourth-order valence-electron chi connectivity index (χ4n) is 2.18. The summed E-state index contributed by atoms with van der Waals surface area (Å²) in [4.78, 5) is 0. The van der Waals surface area contributed by atoms with E-state index in [0.717, 1.165) is 11.4 Å². The maximum atomic E-state index is 5.80. The highest BCUT2D eigenvalue weighted by molar-refractivity contribution is 5.30. The molecule has 1 aromatic rings. The molecule has 0 aliphatic heterocycles. The van der Waals surface area contributed by atoms with Crippen LogP contribution in [0, 0.1) is 0 Å². The van der Waals surface area contributed by atoms with Crippen LogP contribution in [-0.2, 0) is 11.8 Å². The summed E-state index contributed by atoms with van der Waals surface area (Å²) in [6.07, 6.45) is 1.72. The van der Waals surface area contributed by atoms with Gasteiger partial charge in [0.15, 0.2) is 5.75 Å². The van der Waals surface area contributed by atoms with Gasteiger partial charge in [-0.3, -0.25) is 4.68 Å². The van der Waals surface area contributed by atoms with E-state index < -0.39 is 0 Å². The maximum absolute atomic E-state index is 5.80. The molecule has 0 aliphatic rings. The van der Waals surface area contributed by atoms with Gasteiger partial charge in [-0.2, -0.15) is 5.10 Å². The summed E-state index contributed by atoms with van der Waals surface area (Å²) in [5, 5.41) is 7.51. The van der Waals surface area contributed by atoms with Crippen LogP contribution < -0.4 is 10.1 Å². The fraction of sp³-hybridized carbons (Fsp3) is 0.750. The lowest BCUT2D eigenvalue weighted by Gasteiger charge is -2.34. The molecule has 1 atom stereocenters. The topological polar surface area (TPSA) is 48.3 Å². The summed E-state index contributed by atoms with van der Waals surface area (Å²) in [5.41, 5.74) is 0.665. The molecule has 1 aromatic heterocycles. The number of methoxy groups -OCH3 is 1. The number of ether oxygens (including phenoxy) is 2. The number of hydrogen-bond acceptors (Lipinski definition) is 4. The smallest absolute Gasteiger partial charge is 0.161 e. The van der Waals surface area contributed by atoms with Gasteiger partial charge in [0.25, 0.3) is 0 Å². The normalized spacial score (nSPS) is 13.8. The van der Waals surface area contributed by atoms with Crippen molar-refractivity contribution in [2.75, 3.05) is 20.8 Å². The van der Waals surface area contributed by atoms with Gasteiger partial charge in [0, 0.05) is 13.7 Å². The minimum Gasteiger partial charge on any atom is -0.493 e. The number of aromatic nitrogens is 2. The molecular weight excluding hydrogens is 218 g/mol. The zero-order valence-corrected chi connectivity index (χ0v) is 11.6. The van der Waals surface area contributed by atoms with Crippen molar-refractivity contribution in [3.63, 3.8) is 0 Å². The molecule has 0 fully saturated rings. The Hall–Kier alpha value is -1.07. The second-order valence-corrected chi connectivity index (χ2v) is 4.48. The Morgan fingerprint density at radius 1 is 1.53 bits per heavy atom. The van der Waals surface area contributed by atoms with Gasteiger partial charge < -0.3 is 14.8 Å². The molecule has 1 N–H and O–H groups in total. The van der Waals surface area contributed by atoms with Crippen LogP contribution in [0.3, 0.4) is 0 Å². The zero-order valence-electron chi connectivity index (χ0n) is 11.6. The lowest BCUT2D eigenvalue weighted by Crippen LogP contribution is -2.41.